The standard InChI is InChI=1S/C34H34FN7O/c1-2-36-18-22-12-24(20-37-19-22)25-15-30-33(40-41-34(30)38-21-25)32-17-29-28(6-5-7-31(29)39-32)23-13-26(35)16-27(14-23)43-11-10-42-8-3-4-9-42/h5-7,12-17,19-21,36,39H,2-4,8-11,18H2,1H3,(H,38,40,41). The summed E-state index contributed by atoms with van der Waals surface area (Å²) in [5, 5.41) is 12.9. The van der Waals surface area contributed by atoms with E-state index in [0.29, 0.717) is 18.0 Å². The SMILES string of the molecule is CCNCc1cncc(-c2cnc3n[nH]c(-c4cc5c(-c6cc(F)cc(OCCN7CCCC7)c6)cccc5[nH]4)c3c2)c1. The third kappa shape index (κ3) is 5.74. The molecule has 0 unspecified atom stereocenters. The molecule has 0 bridgehead atoms. The highest BCUT2D eigenvalue weighted by atomic mass is 19.1. The topological polar surface area (TPSA) is 94.8 Å². The van der Waals surface area contributed by atoms with E-state index in [1.165, 1.54) is 18.9 Å². The lowest BCUT2D eigenvalue weighted by Gasteiger charge is -2.15. The van der Waals surface area contributed by atoms with Gasteiger partial charge in [0.2, 0.25) is 0 Å². The minimum atomic E-state index is -0.316. The summed E-state index contributed by atoms with van der Waals surface area (Å²) in [6.45, 7) is 7.37. The quantitative estimate of drug-likeness (QED) is 0.171. The normalized spacial score (nSPS) is 13.8. The van der Waals surface area contributed by atoms with Gasteiger partial charge in [-0.2, -0.15) is 5.10 Å². The van der Waals surface area contributed by atoms with Crippen LogP contribution in [0.3, 0.4) is 0 Å². The highest BCUT2D eigenvalue weighted by Gasteiger charge is 2.16. The number of halogens is 1. The first-order valence-electron chi connectivity index (χ1n) is 14.9. The average Bonchev–Trinajstić information content (AvgIpc) is 3.79. The van der Waals surface area contributed by atoms with E-state index in [4.69, 9.17) is 4.74 Å². The molecule has 218 valence electrons. The number of aromatic nitrogens is 5. The molecule has 5 heterocycles. The number of nitrogens with zero attached hydrogens (tertiary/aromatic N) is 4. The molecule has 3 N–H and O–H groups in total. The molecule has 0 atom stereocenters. The van der Waals surface area contributed by atoms with Gasteiger partial charge in [0.05, 0.1) is 11.4 Å². The predicted octanol–water partition coefficient (Wildman–Crippen LogP) is 6.56. The second-order valence-electron chi connectivity index (χ2n) is 11.1. The molecule has 7 rings (SSSR count). The number of hydrogen-bond acceptors (Lipinski definition) is 6. The van der Waals surface area contributed by atoms with Crippen LogP contribution in [0.15, 0.2) is 73.2 Å². The predicted molar refractivity (Wildman–Crippen MR) is 168 cm³/mol. The Kier molecular flexibility index (Phi) is 7.57. The van der Waals surface area contributed by atoms with Crippen molar-refractivity contribution in [3.63, 3.8) is 0 Å². The number of fused-ring (bicyclic) bond motifs is 2. The van der Waals surface area contributed by atoms with Gasteiger partial charge in [-0.3, -0.25) is 15.0 Å². The summed E-state index contributed by atoms with van der Waals surface area (Å²) in [5.41, 5.74) is 8.08. The van der Waals surface area contributed by atoms with E-state index in [1.807, 2.05) is 42.9 Å². The Labute approximate surface area is 249 Å². The minimum absolute atomic E-state index is 0.316. The van der Waals surface area contributed by atoms with Gasteiger partial charge >= 0.3 is 0 Å². The first-order valence-corrected chi connectivity index (χ1v) is 14.9. The summed E-state index contributed by atoms with van der Waals surface area (Å²) >= 11 is 0. The van der Waals surface area contributed by atoms with Crippen LogP contribution in [0.5, 0.6) is 5.75 Å². The Morgan fingerprint density at radius 3 is 2.72 bits per heavy atom. The van der Waals surface area contributed by atoms with Crippen molar-refractivity contribution in [1.29, 1.82) is 0 Å². The van der Waals surface area contributed by atoms with Gasteiger partial charge in [-0.05, 0) is 85.6 Å². The van der Waals surface area contributed by atoms with Crippen molar-refractivity contribution in [2.45, 2.75) is 26.3 Å². The van der Waals surface area contributed by atoms with Crippen molar-refractivity contribution in [3.05, 3.63) is 84.6 Å². The van der Waals surface area contributed by atoms with Crippen LogP contribution in [-0.4, -0.2) is 62.8 Å². The number of rotatable bonds is 10. The molecule has 0 radical (unpaired) electrons. The first kappa shape index (κ1) is 27.2. The van der Waals surface area contributed by atoms with E-state index >= 15 is 0 Å². The minimum Gasteiger partial charge on any atom is -0.492 e. The Bertz CT molecular complexity index is 1890. The molecule has 1 fully saturated rings. The zero-order chi connectivity index (χ0) is 29.2. The van der Waals surface area contributed by atoms with Crippen LogP contribution in [0.25, 0.3) is 55.6 Å². The molecule has 2 aromatic carbocycles. The highest BCUT2D eigenvalue weighted by molar-refractivity contribution is 6.01. The molecule has 0 amide bonds. The summed E-state index contributed by atoms with van der Waals surface area (Å²) < 4.78 is 20.8. The monoisotopic (exact) mass is 575 g/mol. The van der Waals surface area contributed by atoms with Crippen LogP contribution < -0.4 is 10.1 Å². The molecule has 9 heteroatoms. The molecule has 4 aromatic heterocycles. The van der Waals surface area contributed by atoms with Crippen molar-refractivity contribution in [3.8, 4) is 39.4 Å². The highest BCUT2D eigenvalue weighted by Crippen LogP contribution is 2.36. The lowest BCUT2D eigenvalue weighted by molar-refractivity contribution is 0.237. The van der Waals surface area contributed by atoms with Crippen molar-refractivity contribution in [1.82, 2.24) is 35.4 Å². The fraction of sp³-hybridized carbons (Fsp3) is 0.265. The number of benzene rings is 2. The second-order valence-corrected chi connectivity index (χ2v) is 11.1. The Morgan fingerprint density at radius 2 is 1.84 bits per heavy atom. The molecule has 0 aliphatic carbocycles. The van der Waals surface area contributed by atoms with E-state index in [2.05, 4.69) is 60.5 Å². The number of ether oxygens (including phenoxy) is 1. The largest absolute Gasteiger partial charge is 0.492 e. The van der Waals surface area contributed by atoms with E-state index in [9.17, 15) is 4.39 Å². The van der Waals surface area contributed by atoms with Crippen LogP contribution in [0.1, 0.15) is 25.3 Å². The average molecular weight is 576 g/mol. The van der Waals surface area contributed by atoms with E-state index < -0.39 is 0 Å². The summed E-state index contributed by atoms with van der Waals surface area (Å²) in [6, 6.07) is 17.3. The van der Waals surface area contributed by atoms with Gasteiger partial charge in [-0.15, -0.1) is 0 Å². The summed E-state index contributed by atoms with van der Waals surface area (Å²) in [5.74, 6) is 0.229. The van der Waals surface area contributed by atoms with E-state index in [1.54, 1.807) is 6.07 Å². The second kappa shape index (κ2) is 11.9. The molecule has 6 aromatic rings. The first-order chi connectivity index (χ1) is 21.1. The lowest BCUT2D eigenvalue weighted by Crippen LogP contribution is -2.25. The molecule has 8 nitrogen and oxygen atoms in total. The maximum Gasteiger partial charge on any atom is 0.181 e. The van der Waals surface area contributed by atoms with Gasteiger partial charge in [0.1, 0.15) is 18.2 Å². The molecule has 1 aliphatic rings. The molecule has 0 spiro atoms. The summed E-state index contributed by atoms with van der Waals surface area (Å²) in [6.07, 6.45) is 8.05. The summed E-state index contributed by atoms with van der Waals surface area (Å²) in [7, 11) is 0. The smallest absolute Gasteiger partial charge is 0.181 e. The number of H-pyrrole nitrogens is 2. The van der Waals surface area contributed by atoms with Crippen LogP contribution in [0, 0.1) is 5.82 Å². The lowest BCUT2D eigenvalue weighted by atomic mass is 10.0. The fourth-order valence-electron chi connectivity index (χ4n) is 5.92. The van der Waals surface area contributed by atoms with Gasteiger partial charge in [-0.25, -0.2) is 9.37 Å². The van der Waals surface area contributed by atoms with E-state index in [0.717, 1.165) is 88.2 Å². The van der Waals surface area contributed by atoms with E-state index in [-0.39, 0.29) is 5.82 Å². The van der Waals surface area contributed by atoms with Crippen LogP contribution in [0.4, 0.5) is 4.39 Å². The zero-order valence-corrected chi connectivity index (χ0v) is 24.2. The number of pyridine rings is 2. The van der Waals surface area contributed by atoms with Gasteiger partial charge in [-0.1, -0.05) is 19.1 Å². The zero-order valence-electron chi connectivity index (χ0n) is 24.2. The third-order valence-electron chi connectivity index (χ3n) is 8.11. The molecular formula is C34H34FN7O. The van der Waals surface area contributed by atoms with Gasteiger partial charge < -0.3 is 15.0 Å². The Hall–Kier alpha value is -4.60. The van der Waals surface area contributed by atoms with Crippen molar-refractivity contribution in [2.24, 2.45) is 0 Å². The number of likely N-dealkylation sites (tertiary alicyclic amines) is 1. The fourth-order valence-corrected chi connectivity index (χ4v) is 5.92. The van der Waals surface area contributed by atoms with Crippen molar-refractivity contribution < 1.29 is 9.13 Å². The third-order valence-corrected chi connectivity index (χ3v) is 8.11. The molecular weight excluding hydrogens is 541 g/mol. The van der Waals surface area contributed by atoms with Crippen LogP contribution in [0.2, 0.25) is 0 Å². The molecule has 43 heavy (non-hydrogen) atoms. The van der Waals surface area contributed by atoms with Crippen molar-refractivity contribution >= 4 is 21.9 Å². The molecule has 0 saturated carbocycles. The van der Waals surface area contributed by atoms with Gasteiger partial charge in [0, 0.05) is 65.2 Å². The Morgan fingerprint density at radius 1 is 0.953 bits per heavy atom. The Balaban J connectivity index is 1.20. The number of hydrogen-bond donors (Lipinski definition) is 3. The van der Waals surface area contributed by atoms with Gasteiger partial charge in [0.25, 0.3) is 0 Å². The van der Waals surface area contributed by atoms with Crippen molar-refractivity contribution in [2.75, 3.05) is 32.8 Å². The van der Waals surface area contributed by atoms with Crippen LogP contribution >= 0.6 is 0 Å². The van der Waals surface area contributed by atoms with Gasteiger partial charge in [0.15, 0.2) is 5.65 Å². The molecule has 1 saturated heterocycles. The maximum absolute atomic E-state index is 14.8. The number of aromatic amines is 2. The molecule has 1 aliphatic heterocycles. The number of nitrogens with one attached hydrogen (secondary N) is 3. The maximum atomic E-state index is 14.8. The summed E-state index contributed by atoms with van der Waals surface area (Å²) in [4.78, 5) is 15.0. The van der Waals surface area contributed by atoms with Crippen LogP contribution in [-0.2, 0) is 6.54 Å².